The molecule has 92 valence electrons. The third kappa shape index (κ3) is 4.95. The van der Waals surface area contributed by atoms with Gasteiger partial charge in [-0.2, -0.15) is 0 Å². The zero-order chi connectivity index (χ0) is 12.0. The number of likely N-dealkylation sites (N-methyl/N-ethyl adjacent to an activating group) is 1. The van der Waals surface area contributed by atoms with Gasteiger partial charge in [0.25, 0.3) is 0 Å². The summed E-state index contributed by atoms with van der Waals surface area (Å²) in [5, 5.41) is 5.52. The normalized spacial score (nSPS) is 15.0. The van der Waals surface area contributed by atoms with Crippen molar-refractivity contribution in [2.75, 3.05) is 20.8 Å². The Morgan fingerprint density at radius 1 is 1.56 bits per heavy atom. The van der Waals surface area contributed by atoms with Crippen molar-refractivity contribution in [3.63, 3.8) is 0 Å². The van der Waals surface area contributed by atoms with E-state index in [0.29, 0.717) is 12.0 Å². The average Bonchev–Trinajstić information content (AvgIpc) is 2.63. The van der Waals surface area contributed by atoms with E-state index in [1.165, 1.54) is 9.35 Å². The molecule has 0 aliphatic rings. The summed E-state index contributed by atoms with van der Waals surface area (Å²) in [6.45, 7) is 3.07. The van der Waals surface area contributed by atoms with E-state index in [1.807, 2.05) is 18.4 Å². The maximum absolute atomic E-state index is 5.17. The van der Waals surface area contributed by atoms with E-state index < -0.39 is 0 Å². The van der Waals surface area contributed by atoms with Crippen LogP contribution in [-0.4, -0.2) is 26.8 Å². The number of nitrogens with one attached hydrogen (secondary N) is 1. The number of halogens is 1. The van der Waals surface area contributed by atoms with Crippen LogP contribution in [0, 0.1) is 5.92 Å². The molecular weight excluding hydrogens is 286 g/mol. The molecule has 1 rings (SSSR count). The number of rotatable bonds is 7. The number of hydrogen-bond donors (Lipinski definition) is 1. The highest BCUT2D eigenvalue weighted by Gasteiger charge is 2.13. The lowest BCUT2D eigenvalue weighted by Crippen LogP contribution is -2.30. The molecule has 1 N–H and O–H groups in total. The molecule has 2 nitrogen and oxygen atoms in total. The van der Waals surface area contributed by atoms with E-state index in [1.54, 1.807) is 7.11 Å². The third-order valence-electron chi connectivity index (χ3n) is 2.62. The Morgan fingerprint density at radius 3 is 2.81 bits per heavy atom. The van der Waals surface area contributed by atoms with Crippen molar-refractivity contribution in [3.05, 3.63) is 20.8 Å². The van der Waals surface area contributed by atoms with E-state index in [4.69, 9.17) is 4.74 Å². The van der Waals surface area contributed by atoms with Crippen LogP contribution in [0.5, 0.6) is 0 Å². The van der Waals surface area contributed by atoms with Crippen molar-refractivity contribution in [1.29, 1.82) is 0 Å². The highest BCUT2D eigenvalue weighted by atomic mass is 79.9. The number of ether oxygens (including phenoxy) is 1. The van der Waals surface area contributed by atoms with E-state index in [2.05, 4.69) is 39.6 Å². The second-order valence-corrected chi connectivity index (χ2v) is 6.13. The minimum atomic E-state index is 0.538. The molecule has 0 aromatic carbocycles. The minimum absolute atomic E-state index is 0.538. The van der Waals surface area contributed by atoms with Gasteiger partial charge in [0.15, 0.2) is 0 Å². The van der Waals surface area contributed by atoms with Crippen LogP contribution in [0.3, 0.4) is 0 Å². The van der Waals surface area contributed by atoms with Gasteiger partial charge >= 0.3 is 0 Å². The molecule has 0 aliphatic carbocycles. The van der Waals surface area contributed by atoms with Gasteiger partial charge in [-0.25, -0.2) is 0 Å². The van der Waals surface area contributed by atoms with E-state index in [9.17, 15) is 0 Å². The van der Waals surface area contributed by atoms with Gasteiger partial charge in [0.1, 0.15) is 0 Å². The summed E-state index contributed by atoms with van der Waals surface area (Å²) < 4.78 is 6.36. The quantitative estimate of drug-likeness (QED) is 0.834. The van der Waals surface area contributed by atoms with Gasteiger partial charge in [0.05, 0.1) is 0 Å². The Bertz CT molecular complexity index is 303. The van der Waals surface area contributed by atoms with Crippen molar-refractivity contribution in [2.45, 2.75) is 25.8 Å². The second kappa shape index (κ2) is 7.43. The molecule has 0 saturated heterocycles. The molecule has 0 fully saturated rings. The first-order valence-electron chi connectivity index (χ1n) is 5.54. The predicted octanol–water partition coefficient (Wildman–Crippen LogP) is 3.31. The Labute approximate surface area is 111 Å². The maximum Gasteiger partial charge on any atom is 0.0488 e. The molecule has 0 radical (unpaired) electrons. The lowest BCUT2D eigenvalue weighted by molar-refractivity contribution is 0.150. The van der Waals surface area contributed by atoms with Gasteiger partial charge in [-0.1, -0.05) is 6.92 Å². The Kier molecular flexibility index (Phi) is 6.58. The largest absolute Gasteiger partial charge is 0.384 e. The molecule has 0 bridgehead atoms. The zero-order valence-corrected chi connectivity index (χ0v) is 12.5. The zero-order valence-electron chi connectivity index (χ0n) is 10.1. The van der Waals surface area contributed by atoms with Crippen molar-refractivity contribution in [1.82, 2.24) is 5.32 Å². The van der Waals surface area contributed by atoms with Crippen LogP contribution >= 0.6 is 27.3 Å². The van der Waals surface area contributed by atoms with Gasteiger partial charge in [-0.3, -0.25) is 0 Å². The molecule has 1 aromatic rings. The van der Waals surface area contributed by atoms with E-state index in [0.717, 1.165) is 19.4 Å². The Balaban J connectivity index is 2.42. The lowest BCUT2D eigenvalue weighted by Gasteiger charge is -2.19. The monoisotopic (exact) mass is 305 g/mol. The van der Waals surface area contributed by atoms with Gasteiger partial charge in [-0.05, 0) is 47.8 Å². The first-order valence-corrected chi connectivity index (χ1v) is 7.22. The highest BCUT2D eigenvalue weighted by Crippen LogP contribution is 2.22. The summed E-state index contributed by atoms with van der Waals surface area (Å²) in [7, 11) is 3.80. The summed E-state index contributed by atoms with van der Waals surface area (Å²) >= 11 is 5.31. The van der Waals surface area contributed by atoms with Gasteiger partial charge in [0.2, 0.25) is 0 Å². The van der Waals surface area contributed by atoms with Gasteiger partial charge in [0, 0.05) is 34.5 Å². The van der Waals surface area contributed by atoms with Crippen molar-refractivity contribution in [2.24, 2.45) is 5.92 Å². The first kappa shape index (κ1) is 14.2. The van der Waals surface area contributed by atoms with Crippen LogP contribution in [-0.2, 0) is 11.2 Å². The molecule has 0 aliphatic heterocycles. The predicted molar refractivity (Wildman–Crippen MR) is 74.2 cm³/mol. The molecule has 2 unspecified atom stereocenters. The topological polar surface area (TPSA) is 21.3 Å². The number of hydrogen-bond acceptors (Lipinski definition) is 3. The van der Waals surface area contributed by atoms with Crippen LogP contribution in [0.2, 0.25) is 0 Å². The van der Waals surface area contributed by atoms with Crippen molar-refractivity contribution in [3.8, 4) is 0 Å². The molecule has 0 saturated carbocycles. The molecule has 4 heteroatoms. The fourth-order valence-corrected chi connectivity index (χ4v) is 3.38. The Hall–Kier alpha value is 0.1000. The van der Waals surface area contributed by atoms with Gasteiger partial charge < -0.3 is 10.1 Å². The second-order valence-electron chi connectivity index (χ2n) is 4.22. The molecule has 0 amide bonds. The summed E-state index contributed by atoms with van der Waals surface area (Å²) in [6.07, 6.45) is 2.25. The fourth-order valence-electron chi connectivity index (χ4n) is 1.85. The number of methoxy groups -OCH3 is 1. The van der Waals surface area contributed by atoms with Crippen molar-refractivity contribution < 1.29 is 4.74 Å². The molecule has 2 atom stereocenters. The molecule has 1 heterocycles. The molecule has 0 spiro atoms. The highest BCUT2D eigenvalue weighted by molar-refractivity contribution is 9.10. The SMILES string of the molecule is CNC(Cc1cc(Br)cs1)CC(C)COC. The fraction of sp³-hybridized carbons (Fsp3) is 0.667. The minimum Gasteiger partial charge on any atom is -0.384 e. The Morgan fingerprint density at radius 2 is 2.31 bits per heavy atom. The molecule has 1 aromatic heterocycles. The molecule has 16 heavy (non-hydrogen) atoms. The van der Waals surface area contributed by atoms with E-state index >= 15 is 0 Å². The van der Waals surface area contributed by atoms with Crippen LogP contribution < -0.4 is 5.32 Å². The summed E-state index contributed by atoms with van der Waals surface area (Å²) in [4.78, 5) is 1.43. The van der Waals surface area contributed by atoms with Crippen LogP contribution in [0.4, 0.5) is 0 Å². The lowest BCUT2D eigenvalue weighted by atomic mass is 10.00. The summed E-state index contributed by atoms with van der Waals surface area (Å²) in [5.41, 5.74) is 0. The first-order chi connectivity index (χ1) is 7.65. The maximum atomic E-state index is 5.17. The standard InChI is InChI=1S/C12H20BrNOS/c1-9(7-15-3)4-11(14-2)6-12-5-10(13)8-16-12/h5,8-9,11,14H,4,6-7H2,1-3H3. The average molecular weight is 306 g/mol. The van der Waals surface area contributed by atoms with Gasteiger partial charge in [-0.15, -0.1) is 11.3 Å². The smallest absolute Gasteiger partial charge is 0.0488 e. The van der Waals surface area contributed by atoms with Crippen molar-refractivity contribution >= 4 is 27.3 Å². The van der Waals surface area contributed by atoms with E-state index in [-0.39, 0.29) is 0 Å². The summed E-state index contributed by atoms with van der Waals surface area (Å²) in [5.74, 6) is 0.603. The van der Waals surface area contributed by atoms with Crippen LogP contribution in [0.15, 0.2) is 15.9 Å². The van der Waals surface area contributed by atoms with Crippen LogP contribution in [0.25, 0.3) is 0 Å². The molecular formula is C12H20BrNOS. The van der Waals surface area contributed by atoms with Crippen LogP contribution in [0.1, 0.15) is 18.2 Å². The third-order valence-corrected chi connectivity index (χ3v) is 4.34. The summed E-state index contributed by atoms with van der Waals surface area (Å²) in [6, 6.07) is 2.74. The number of thiophene rings is 1.